The van der Waals surface area contributed by atoms with Gasteiger partial charge in [-0.1, -0.05) is 42.5 Å². The van der Waals surface area contributed by atoms with Crippen molar-refractivity contribution >= 4 is 12.2 Å². The zero-order valence-electron chi connectivity index (χ0n) is 14.4. The average molecular weight is 314 g/mol. The predicted octanol–water partition coefficient (Wildman–Crippen LogP) is 4.92. The van der Waals surface area contributed by atoms with E-state index < -0.39 is 0 Å². The minimum atomic E-state index is 0.794. The molecule has 0 saturated heterocycles. The van der Waals surface area contributed by atoms with Gasteiger partial charge in [-0.15, -0.1) is 0 Å². The van der Waals surface area contributed by atoms with Gasteiger partial charge >= 0.3 is 0 Å². The third-order valence-corrected chi connectivity index (χ3v) is 3.05. The molecule has 0 bridgehead atoms. The second-order valence-corrected chi connectivity index (χ2v) is 4.67. The molecule has 0 N–H and O–H groups in total. The Kier molecular flexibility index (Phi) is 9.25. The minimum absolute atomic E-state index is 0.794. The smallest absolute Gasteiger partial charge is 0.123 e. The normalized spacial score (nSPS) is 10.1. The summed E-state index contributed by atoms with van der Waals surface area (Å²) in [5.41, 5.74) is 2.22. The average Bonchev–Trinajstić information content (AvgIpc) is 2.61. The Bertz CT molecular complexity index is 552. The van der Waals surface area contributed by atoms with Crippen LogP contribution in [-0.4, -0.2) is 27.4 Å². The van der Waals surface area contributed by atoms with E-state index in [0.29, 0.717) is 0 Å². The molecule has 2 rings (SSSR count). The van der Waals surface area contributed by atoms with Crippen molar-refractivity contribution in [2.45, 2.75) is 13.8 Å². The lowest BCUT2D eigenvalue weighted by Crippen LogP contribution is -1.88. The summed E-state index contributed by atoms with van der Waals surface area (Å²) in [6.07, 6.45) is 4.11. The molecule has 0 heterocycles. The van der Waals surface area contributed by atoms with Crippen LogP contribution >= 0.6 is 0 Å². The molecule has 0 atom stereocenters. The monoisotopic (exact) mass is 314 g/mol. The Balaban J connectivity index is 0.000000463. The van der Waals surface area contributed by atoms with Crippen molar-refractivity contribution in [2.75, 3.05) is 27.4 Å². The molecule has 0 saturated carbocycles. The molecule has 3 nitrogen and oxygen atoms in total. The van der Waals surface area contributed by atoms with E-state index in [1.165, 1.54) is 5.56 Å². The van der Waals surface area contributed by atoms with Crippen LogP contribution in [0.15, 0.2) is 48.5 Å². The lowest BCUT2D eigenvalue weighted by atomic mass is 10.1. The van der Waals surface area contributed by atoms with E-state index in [9.17, 15) is 0 Å². The quantitative estimate of drug-likeness (QED) is 0.709. The molecule has 23 heavy (non-hydrogen) atoms. The fourth-order valence-corrected chi connectivity index (χ4v) is 1.89. The van der Waals surface area contributed by atoms with Crippen LogP contribution in [0.1, 0.15) is 25.0 Å². The Labute approximate surface area is 139 Å². The van der Waals surface area contributed by atoms with Crippen LogP contribution in [-0.2, 0) is 4.74 Å². The molecule has 124 valence electrons. The highest BCUT2D eigenvalue weighted by Crippen LogP contribution is 2.23. The Morgan fingerprint density at radius 1 is 0.739 bits per heavy atom. The van der Waals surface area contributed by atoms with Crippen LogP contribution in [0.4, 0.5) is 0 Å². The number of rotatable bonds is 6. The highest BCUT2D eigenvalue weighted by Gasteiger charge is 1.99. The number of ether oxygens (including phenoxy) is 3. The summed E-state index contributed by atoms with van der Waals surface area (Å²) in [6.45, 7) is 5.67. The van der Waals surface area contributed by atoms with Crippen molar-refractivity contribution in [2.24, 2.45) is 0 Å². The fraction of sp³-hybridized carbons (Fsp3) is 0.300. The van der Waals surface area contributed by atoms with E-state index in [4.69, 9.17) is 14.2 Å². The van der Waals surface area contributed by atoms with Crippen LogP contribution in [0.3, 0.4) is 0 Å². The molecule has 0 aliphatic rings. The van der Waals surface area contributed by atoms with E-state index in [-0.39, 0.29) is 0 Å². The van der Waals surface area contributed by atoms with Gasteiger partial charge in [0.25, 0.3) is 0 Å². The molecule has 0 spiro atoms. The third kappa shape index (κ3) is 7.52. The van der Waals surface area contributed by atoms with Gasteiger partial charge in [0.05, 0.1) is 14.2 Å². The van der Waals surface area contributed by atoms with Gasteiger partial charge in [0.15, 0.2) is 0 Å². The van der Waals surface area contributed by atoms with E-state index in [2.05, 4.69) is 18.2 Å². The second-order valence-electron chi connectivity index (χ2n) is 4.67. The maximum Gasteiger partial charge on any atom is 0.123 e. The first kappa shape index (κ1) is 18.8. The number of hydrogen-bond acceptors (Lipinski definition) is 3. The molecule has 0 unspecified atom stereocenters. The maximum atomic E-state index is 5.24. The summed E-state index contributed by atoms with van der Waals surface area (Å²) in [5.74, 6) is 1.59. The van der Waals surface area contributed by atoms with Gasteiger partial charge < -0.3 is 14.2 Å². The van der Waals surface area contributed by atoms with E-state index in [0.717, 1.165) is 30.3 Å². The van der Waals surface area contributed by atoms with E-state index >= 15 is 0 Å². The van der Waals surface area contributed by atoms with Crippen molar-refractivity contribution in [3.05, 3.63) is 59.7 Å². The van der Waals surface area contributed by atoms with E-state index in [1.807, 2.05) is 56.3 Å². The van der Waals surface area contributed by atoms with Crippen molar-refractivity contribution in [3.63, 3.8) is 0 Å². The molecule has 2 aromatic rings. The lowest BCUT2D eigenvalue weighted by molar-refractivity contribution is 0.162. The Morgan fingerprint density at radius 2 is 1.26 bits per heavy atom. The first-order chi connectivity index (χ1) is 11.2. The molecule has 0 aliphatic heterocycles. The first-order valence-corrected chi connectivity index (χ1v) is 7.77. The van der Waals surface area contributed by atoms with Crippen LogP contribution in [0.5, 0.6) is 11.5 Å². The first-order valence-electron chi connectivity index (χ1n) is 7.77. The summed E-state index contributed by atoms with van der Waals surface area (Å²) < 4.78 is 15.3. The van der Waals surface area contributed by atoms with Crippen molar-refractivity contribution < 1.29 is 14.2 Å². The summed E-state index contributed by atoms with van der Waals surface area (Å²) in [4.78, 5) is 0. The minimum Gasteiger partial charge on any atom is -0.497 e. The van der Waals surface area contributed by atoms with Gasteiger partial charge in [0.1, 0.15) is 11.5 Å². The number of hydrogen-bond donors (Lipinski definition) is 0. The summed E-state index contributed by atoms with van der Waals surface area (Å²) >= 11 is 0. The SMILES string of the molecule is CCOCC.COc1cc(/C=C/c2ccccc2)cc(OC)c1. The lowest BCUT2D eigenvalue weighted by Gasteiger charge is -2.05. The van der Waals surface area contributed by atoms with Gasteiger partial charge in [-0.2, -0.15) is 0 Å². The molecule has 0 aromatic heterocycles. The summed E-state index contributed by atoms with van der Waals surface area (Å²) in [7, 11) is 3.30. The van der Waals surface area contributed by atoms with Crippen molar-refractivity contribution in [1.29, 1.82) is 0 Å². The van der Waals surface area contributed by atoms with Gasteiger partial charge in [-0.3, -0.25) is 0 Å². The molecular formula is C20H26O3. The Hall–Kier alpha value is -2.26. The van der Waals surface area contributed by atoms with Crippen LogP contribution in [0.25, 0.3) is 12.2 Å². The fourth-order valence-electron chi connectivity index (χ4n) is 1.89. The zero-order valence-corrected chi connectivity index (χ0v) is 14.4. The molecule has 0 aliphatic carbocycles. The summed E-state index contributed by atoms with van der Waals surface area (Å²) in [6, 6.07) is 16.0. The zero-order chi connectivity index (χ0) is 16.9. The van der Waals surface area contributed by atoms with E-state index in [1.54, 1.807) is 14.2 Å². The van der Waals surface area contributed by atoms with Crippen molar-refractivity contribution in [1.82, 2.24) is 0 Å². The molecular weight excluding hydrogens is 288 g/mol. The van der Waals surface area contributed by atoms with Gasteiger partial charge in [-0.25, -0.2) is 0 Å². The third-order valence-electron chi connectivity index (χ3n) is 3.05. The molecule has 0 amide bonds. The van der Waals surface area contributed by atoms with Crippen LogP contribution in [0, 0.1) is 0 Å². The highest BCUT2D eigenvalue weighted by molar-refractivity contribution is 5.70. The topological polar surface area (TPSA) is 27.7 Å². The molecule has 3 heteroatoms. The standard InChI is InChI=1S/C16H16O2.C4H10O/c1-17-15-10-14(11-16(12-15)18-2)9-8-13-6-4-3-5-7-13;1-3-5-4-2/h3-12H,1-2H3;3-4H2,1-2H3/b9-8+;. The largest absolute Gasteiger partial charge is 0.497 e. The second kappa shape index (κ2) is 11.3. The highest BCUT2D eigenvalue weighted by atomic mass is 16.5. The predicted molar refractivity (Wildman–Crippen MR) is 97.1 cm³/mol. The molecule has 0 radical (unpaired) electrons. The van der Waals surface area contributed by atoms with Gasteiger partial charge in [0.2, 0.25) is 0 Å². The summed E-state index contributed by atoms with van der Waals surface area (Å²) in [5, 5.41) is 0. The molecule has 2 aromatic carbocycles. The maximum absolute atomic E-state index is 5.24. The number of methoxy groups -OCH3 is 2. The van der Waals surface area contributed by atoms with Crippen LogP contribution < -0.4 is 9.47 Å². The number of benzene rings is 2. The molecule has 0 fully saturated rings. The van der Waals surface area contributed by atoms with Gasteiger partial charge in [0, 0.05) is 19.3 Å². The van der Waals surface area contributed by atoms with Crippen molar-refractivity contribution in [3.8, 4) is 11.5 Å². The van der Waals surface area contributed by atoms with Gasteiger partial charge in [-0.05, 0) is 37.1 Å². The Morgan fingerprint density at radius 3 is 1.70 bits per heavy atom. The van der Waals surface area contributed by atoms with Crippen LogP contribution in [0.2, 0.25) is 0 Å².